The molecule has 8 heteroatoms. The predicted molar refractivity (Wildman–Crippen MR) is 72.6 cm³/mol. The molecule has 1 heterocycles. The number of primary sulfonamides is 1. The summed E-state index contributed by atoms with van der Waals surface area (Å²) < 4.78 is 22.7. The van der Waals surface area contributed by atoms with Crippen molar-refractivity contribution in [1.82, 2.24) is 4.98 Å². The maximum Gasteiger partial charge on any atom is 0.275 e. The molecule has 100 valence electrons. The quantitative estimate of drug-likeness (QED) is 0.892. The highest BCUT2D eigenvalue weighted by Gasteiger charge is 2.14. The zero-order chi connectivity index (χ0) is 14.0. The molecule has 0 saturated heterocycles. The third-order valence-electron chi connectivity index (χ3n) is 2.42. The molecule has 2 rings (SSSR count). The summed E-state index contributed by atoms with van der Waals surface area (Å²) in [6.45, 7) is 1.63. The number of nitrogens with one attached hydrogen (secondary N) is 1. The number of benzene rings is 1. The fraction of sp³-hybridized carbons (Fsp3) is 0.0909. The molecule has 0 aliphatic heterocycles. The average Bonchev–Trinajstić information content (AvgIpc) is 2.83. The lowest BCUT2D eigenvalue weighted by Crippen LogP contribution is -2.16. The van der Waals surface area contributed by atoms with E-state index in [9.17, 15) is 13.2 Å². The molecule has 1 amide bonds. The summed E-state index contributed by atoms with van der Waals surface area (Å²) in [6.07, 6.45) is 0. The van der Waals surface area contributed by atoms with Crippen LogP contribution in [0.5, 0.6) is 0 Å². The van der Waals surface area contributed by atoms with E-state index >= 15 is 0 Å². The maximum absolute atomic E-state index is 11.8. The molecule has 0 fully saturated rings. The van der Waals surface area contributed by atoms with Crippen LogP contribution in [0.2, 0.25) is 0 Å². The first-order valence-electron chi connectivity index (χ1n) is 5.21. The van der Waals surface area contributed by atoms with Gasteiger partial charge in [0.15, 0.2) is 0 Å². The van der Waals surface area contributed by atoms with Crippen molar-refractivity contribution >= 4 is 33.0 Å². The second kappa shape index (κ2) is 5.08. The number of carbonyl (C=O) groups is 1. The Morgan fingerprint density at radius 2 is 2.16 bits per heavy atom. The zero-order valence-corrected chi connectivity index (χ0v) is 11.6. The highest BCUT2D eigenvalue weighted by atomic mass is 32.2. The van der Waals surface area contributed by atoms with Gasteiger partial charge in [-0.15, -0.1) is 11.3 Å². The Bertz CT molecular complexity index is 709. The molecule has 3 N–H and O–H groups in total. The first-order chi connectivity index (χ1) is 8.88. The fourth-order valence-electron chi connectivity index (χ4n) is 1.50. The topological polar surface area (TPSA) is 102 Å². The molecule has 0 bridgehead atoms. The lowest BCUT2D eigenvalue weighted by atomic mass is 10.2. The van der Waals surface area contributed by atoms with Gasteiger partial charge in [0, 0.05) is 11.1 Å². The van der Waals surface area contributed by atoms with Crippen LogP contribution in [0.4, 0.5) is 5.69 Å². The fourth-order valence-corrected chi connectivity index (χ4v) is 2.84. The van der Waals surface area contributed by atoms with E-state index in [0.717, 1.165) is 0 Å². The van der Waals surface area contributed by atoms with Crippen LogP contribution >= 0.6 is 11.3 Å². The number of aryl methyl sites for hydroxylation is 1. The number of nitrogens with zero attached hydrogens (tertiary/aromatic N) is 1. The van der Waals surface area contributed by atoms with Crippen LogP contribution in [0.3, 0.4) is 0 Å². The lowest BCUT2D eigenvalue weighted by Gasteiger charge is -2.07. The van der Waals surface area contributed by atoms with Crippen molar-refractivity contribution in [2.75, 3.05) is 5.32 Å². The first-order valence-corrected chi connectivity index (χ1v) is 7.70. The molecule has 0 spiro atoms. The van der Waals surface area contributed by atoms with Gasteiger partial charge < -0.3 is 5.32 Å². The largest absolute Gasteiger partial charge is 0.321 e. The van der Waals surface area contributed by atoms with Crippen molar-refractivity contribution in [3.8, 4) is 0 Å². The Kier molecular flexibility index (Phi) is 3.65. The van der Waals surface area contributed by atoms with Gasteiger partial charge in [-0.2, -0.15) is 0 Å². The van der Waals surface area contributed by atoms with Gasteiger partial charge in [0.25, 0.3) is 5.91 Å². The Labute approximate surface area is 114 Å². The molecule has 2 aromatic rings. The standard InChI is InChI=1S/C11H11N3O3S2/c1-7-2-3-8(4-10(7)19(12,16)17)14-11(15)9-5-18-6-13-9/h2-6H,1H3,(H,14,15)(H2,12,16,17). The highest BCUT2D eigenvalue weighted by molar-refractivity contribution is 7.89. The van der Waals surface area contributed by atoms with Crippen molar-refractivity contribution < 1.29 is 13.2 Å². The Hall–Kier alpha value is -1.77. The summed E-state index contributed by atoms with van der Waals surface area (Å²) >= 11 is 1.30. The number of sulfonamides is 1. The SMILES string of the molecule is Cc1ccc(NC(=O)c2cscn2)cc1S(N)(=O)=O. The second-order valence-electron chi connectivity index (χ2n) is 3.85. The number of aromatic nitrogens is 1. The Morgan fingerprint density at radius 1 is 1.42 bits per heavy atom. The third kappa shape index (κ3) is 3.16. The van der Waals surface area contributed by atoms with E-state index in [1.54, 1.807) is 29.9 Å². The van der Waals surface area contributed by atoms with Crippen LogP contribution in [0.25, 0.3) is 0 Å². The van der Waals surface area contributed by atoms with E-state index in [0.29, 0.717) is 11.3 Å². The predicted octanol–water partition coefficient (Wildman–Crippen LogP) is 1.35. The zero-order valence-electron chi connectivity index (χ0n) is 9.95. The molecule has 0 saturated carbocycles. The summed E-state index contributed by atoms with van der Waals surface area (Å²) in [4.78, 5) is 15.6. The molecule has 6 nitrogen and oxygen atoms in total. The molecular formula is C11H11N3O3S2. The summed E-state index contributed by atoms with van der Waals surface area (Å²) in [5, 5.41) is 9.27. The van der Waals surface area contributed by atoms with Gasteiger partial charge in [-0.3, -0.25) is 4.79 Å². The van der Waals surface area contributed by atoms with Crippen LogP contribution in [-0.2, 0) is 10.0 Å². The van der Waals surface area contributed by atoms with Crippen molar-refractivity contribution in [3.63, 3.8) is 0 Å². The van der Waals surface area contributed by atoms with E-state index in [-0.39, 0.29) is 10.6 Å². The lowest BCUT2D eigenvalue weighted by molar-refractivity contribution is 0.102. The van der Waals surface area contributed by atoms with Gasteiger partial charge in [0.05, 0.1) is 10.4 Å². The monoisotopic (exact) mass is 297 g/mol. The first kappa shape index (κ1) is 13.7. The number of amides is 1. The summed E-state index contributed by atoms with van der Waals surface area (Å²) in [7, 11) is -3.81. The van der Waals surface area contributed by atoms with E-state index in [2.05, 4.69) is 10.3 Å². The number of hydrogen-bond donors (Lipinski definition) is 2. The van der Waals surface area contributed by atoms with Crippen LogP contribution in [0.1, 0.15) is 16.1 Å². The minimum Gasteiger partial charge on any atom is -0.321 e. The van der Waals surface area contributed by atoms with Crippen LogP contribution in [-0.4, -0.2) is 19.3 Å². The van der Waals surface area contributed by atoms with Gasteiger partial charge >= 0.3 is 0 Å². The number of rotatable bonds is 3. The van der Waals surface area contributed by atoms with Gasteiger partial charge in [-0.1, -0.05) is 6.07 Å². The molecule has 0 aliphatic carbocycles. The van der Waals surface area contributed by atoms with Gasteiger partial charge in [0.2, 0.25) is 10.0 Å². The van der Waals surface area contributed by atoms with E-state index < -0.39 is 15.9 Å². The molecular weight excluding hydrogens is 286 g/mol. The van der Waals surface area contributed by atoms with E-state index in [4.69, 9.17) is 5.14 Å². The van der Waals surface area contributed by atoms with Crippen LogP contribution in [0, 0.1) is 6.92 Å². The van der Waals surface area contributed by atoms with Crippen LogP contribution in [0.15, 0.2) is 34.0 Å². The van der Waals surface area contributed by atoms with Gasteiger partial charge in [-0.05, 0) is 24.6 Å². The van der Waals surface area contributed by atoms with Crippen molar-refractivity contribution in [2.24, 2.45) is 5.14 Å². The number of carbonyl (C=O) groups excluding carboxylic acids is 1. The van der Waals surface area contributed by atoms with Crippen molar-refractivity contribution in [3.05, 3.63) is 40.3 Å². The molecule has 1 aromatic carbocycles. The molecule has 0 aliphatic rings. The number of hydrogen-bond acceptors (Lipinski definition) is 5. The van der Waals surface area contributed by atoms with E-state index in [1.165, 1.54) is 17.4 Å². The highest BCUT2D eigenvalue weighted by Crippen LogP contribution is 2.19. The third-order valence-corrected chi connectivity index (χ3v) is 4.06. The van der Waals surface area contributed by atoms with Gasteiger partial charge in [-0.25, -0.2) is 18.5 Å². The number of anilines is 1. The summed E-state index contributed by atoms with van der Waals surface area (Å²) in [6, 6.07) is 4.51. The van der Waals surface area contributed by atoms with Crippen LogP contribution < -0.4 is 10.5 Å². The smallest absolute Gasteiger partial charge is 0.275 e. The molecule has 1 aromatic heterocycles. The number of nitrogens with two attached hydrogens (primary N) is 1. The normalized spacial score (nSPS) is 11.3. The summed E-state index contributed by atoms with van der Waals surface area (Å²) in [5.74, 6) is -0.398. The molecule has 0 atom stereocenters. The van der Waals surface area contributed by atoms with Crippen molar-refractivity contribution in [2.45, 2.75) is 11.8 Å². The Morgan fingerprint density at radius 3 is 2.74 bits per heavy atom. The minimum absolute atomic E-state index is 0.0106. The maximum atomic E-state index is 11.8. The minimum atomic E-state index is -3.81. The van der Waals surface area contributed by atoms with Crippen molar-refractivity contribution in [1.29, 1.82) is 0 Å². The number of thiazole rings is 1. The molecule has 0 radical (unpaired) electrons. The Balaban J connectivity index is 2.30. The second-order valence-corrected chi connectivity index (χ2v) is 6.10. The van der Waals surface area contributed by atoms with Gasteiger partial charge in [0.1, 0.15) is 5.69 Å². The molecule has 19 heavy (non-hydrogen) atoms. The summed E-state index contributed by atoms with van der Waals surface area (Å²) in [5.41, 5.74) is 2.70. The average molecular weight is 297 g/mol. The molecule has 0 unspecified atom stereocenters. The van der Waals surface area contributed by atoms with E-state index in [1.807, 2.05) is 0 Å².